The van der Waals surface area contributed by atoms with Gasteiger partial charge in [-0.3, -0.25) is 0 Å². The summed E-state index contributed by atoms with van der Waals surface area (Å²) in [6.07, 6.45) is 2.62. The minimum Gasteiger partial charge on any atom is -0.354 e. The molecular formula is C15H25N3. The molecule has 1 aromatic heterocycles. The normalized spacial score (nSPS) is 24.3. The Balaban J connectivity index is 2.25. The van der Waals surface area contributed by atoms with Crippen LogP contribution in [0.5, 0.6) is 0 Å². The van der Waals surface area contributed by atoms with E-state index in [-0.39, 0.29) is 0 Å². The van der Waals surface area contributed by atoms with Crippen LogP contribution in [0.25, 0.3) is 0 Å². The first kappa shape index (κ1) is 13.3. The van der Waals surface area contributed by atoms with E-state index in [0.717, 1.165) is 30.5 Å². The van der Waals surface area contributed by atoms with Crippen LogP contribution >= 0.6 is 0 Å². The van der Waals surface area contributed by atoms with E-state index in [2.05, 4.69) is 43.1 Å². The Morgan fingerprint density at radius 2 is 2.11 bits per heavy atom. The third-order valence-electron chi connectivity index (χ3n) is 3.79. The molecule has 18 heavy (non-hydrogen) atoms. The average molecular weight is 247 g/mol. The van der Waals surface area contributed by atoms with Crippen LogP contribution in [-0.4, -0.2) is 24.6 Å². The van der Waals surface area contributed by atoms with Crippen LogP contribution in [0, 0.1) is 12.8 Å². The van der Waals surface area contributed by atoms with Crippen molar-refractivity contribution in [1.29, 1.82) is 0 Å². The molecule has 0 saturated carbocycles. The van der Waals surface area contributed by atoms with Gasteiger partial charge < -0.3 is 10.2 Å². The van der Waals surface area contributed by atoms with E-state index >= 15 is 0 Å². The van der Waals surface area contributed by atoms with Crippen LogP contribution < -0.4 is 10.2 Å². The second kappa shape index (κ2) is 5.70. The minimum absolute atomic E-state index is 0.609. The number of nitrogens with one attached hydrogen (secondary N) is 1. The molecule has 2 rings (SSSR count). The summed E-state index contributed by atoms with van der Waals surface area (Å²) in [4.78, 5) is 7.20. The Bertz CT molecular complexity index is 403. The molecule has 0 spiro atoms. The number of piperidine rings is 1. The standard InChI is InChI=1S/C15H25N3/c1-11-5-6-13(3)18(10-11)15-8-14(9-16-4)7-12(2)17-15/h7-8,11,13,16H,5-6,9-10H2,1-4H3. The number of pyridine rings is 1. The first-order chi connectivity index (χ1) is 8.60. The highest BCUT2D eigenvalue weighted by atomic mass is 15.2. The predicted molar refractivity (Wildman–Crippen MR) is 76.9 cm³/mol. The zero-order chi connectivity index (χ0) is 13.1. The molecule has 1 aliphatic heterocycles. The number of anilines is 1. The minimum atomic E-state index is 0.609. The van der Waals surface area contributed by atoms with Gasteiger partial charge in [0.1, 0.15) is 5.82 Å². The lowest BCUT2D eigenvalue weighted by Crippen LogP contribution is -2.41. The van der Waals surface area contributed by atoms with E-state index in [4.69, 9.17) is 4.98 Å². The average Bonchev–Trinajstić information content (AvgIpc) is 2.32. The Morgan fingerprint density at radius 1 is 1.33 bits per heavy atom. The summed E-state index contributed by atoms with van der Waals surface area (Å²) in [5.41, 5.74) is 2.44. The van der Waals surface area contributed by atoms with E-state index in [1.165, 1.54) is 18.4 Å². The van der Waals surface area contributed by atoms with Crippen molar-refractivity contribution in [3.05, 3.63) is 23.4 Å². The van der Waals surface area contributed by atoms with Crippen LogP contribution in [0.15, 0.2) is 12.1 Å². The maximum atomic E-state index is 4.72. The van der Waals surface area contributed by atoms with Crippen molar-refractivity contribution in [2.24, 2.45) is 5.92 Å². The van der Waals surface area contributed by atoms with Crippen LogP contribution in [0.1, 0.15) is 37.9 Å². The SMILES string of the molecule is CNCc1cc(C)nc(N2CC(C)CCC2C)c1. The highest BCUT2D eigenvalue weighted by Gasteiger charge is 2.24. The van der Waals surface area contributed by atoms with Gasteiger partial charge in [-0.2, -0.15) is 0 Å². The fourth-order valence-electron chi connectivity index (χ4n) is 2.78. The van der Waals surface area contributed by atoms with E-state index < -0.39 is 0 Å². The smallest absolute Gasteiger partial charge is 0.129 e. The lowest BCUT2D eigenvalue weighted by atomic mass is 9.95. The molecule has 0 amide bonds. The Hall–Kier alpha value is -1.09. The summed E-state index contributed by atoms with van der Waals surface area (Å²) in [6.45, 7) is 8.78. The van der Waals surface area contributed by atoms with Crippen LogP contribution in [0.2, 0.25) is 0 Å². The molecule has 0 bridgehead atoms. The third-order valence-corrected chi connectivity index (χ3v) is 3.79. The highest BCUT2D eigenvalue weighted by molar-refractivity contribution is 5.44. The molecule has 0 aliphatic carbocycles. The van der Waals surface area contributed by atoms with Gasteiger partial charge in [-0.15, -0.1) is 0 Å². The lowest BCUT2D eigenvalue weighted by Gasteiger charge is -2.38. The zero-order valence-electron chi connectivity index (χ0n) is 12.0. The maximum absolute atomic E-state index is 4.72. The van der Waals surface area contributed by atoms with E-state index in [9.17, 15) is 0 Å². The fourth-order valence-corrected chi connectivity index (χ4v) is 2.78. The molecule has 3 nitrogen and oxygen atoms in total. The highest BCUT2D eigenvalue weighted by Crippen LogP contribution is 2.27. The second-order valence-corrected chi connectivity index (χ2v) is 5.69. The summed E-state index contributed by atoms with van der Waals surface area (Å²) < 4.78 is 0. The number of aromatic nitrogens is 1. The predicted octanol–water partition coefficient (Wildman–Crippen LogP) is 2.73. The molecule has 2 atom stereocenters. The van der Waals surface area contributed by atoms with Crippen LogP contribution in [0.4, 0.5) is 5.82 Å². The summed E-state index contributed by atoms with van der Waals surface area (Å²) in [6, 6.07) is 5.01. The molecular weight excluding hydrogens is 222 g/mol. The van der Waals surface area contributed by atoms with Crippen molar-refractivity contribution in [3.8, 4) is 0 Å². The molecule has 1 saturated heterocycles. The van der Waals surface area contributed by atoms with E-state index in [1.807, 2.05) is 7.05 Å². The summed E-state index contributed by atoms with van der Waals surface area (Å²) in [5, 5.41) is 3.22. The van der Waals surface area contributed by atoms with Gasteiger partial charge in [-0.1, -0.05) is 6.92 Å². The van der Waals surface area contributed by atoms with Crippen molar-refractivity contribution < 1.29 is 0 Å². The third kappa shape index (κ3) is 3.02. The molecule has 1 fully saturated rings. The number of hydrogen-bond donors (Lipinski definition) is 1. The molecule has 2 unspecified atom stereocenters. The van der Waals surface area contributed by atoms with Crippen LogP contribution in [-0.2, 0) is 6.54 Å². The van der Waals surface area contributed by atoms with Crippen molar-refractivity contribution >= 4 is 5.82 Å². The van der Waals surface area contributed by atoms with Crippen molar-refractivity contribution in [1.82, 2.24) is 10.3 Å². The molecule has 1 N–H and O–H groups in total. The monoisotopic (exact) mass is 247 g/mol. The van der Waals surface area contributed by atoms with Gasteiger partial charge in [0.15, 0.2) is 0 Å². The largest absolute Gasteiger partial charge is 0.354 e. The quantitative estimate of drug-likeness (QED) is 0.890. The Morgan fingerprint density at radius 3 is 2.83 bits per heavy atom. The molecule has 3 heteroatoms. The van der Waals surface area contributed by atoms with Gasteiger partial charge in [0.2, 0.25) is 0 Å². The van der Waals surface area contributed by atoms with Gasteiger partial charge in [-0.25, -0.2) is 4.98 Å². The second-order valence-electron chi connectivity index (χ2n) is 5.69. The van der Waals surface area contributed by atoms with Crippen molar-refractivity contribution in [2.75, 3.05) is 18.5 Å². The molecule has 0 aromatic carbocycles. The molecule has 1 aromatic rings. The number of rotatable bonds is 3. The van der Waals surface area contributed by atoms with Crippen LogP contribution in [0.3, 0.4) is 0 Å². The molecule has 1 aliphatic rings. The number of nitrogens with zero attached hydrogens (tertiary/aromatic N) is 2. The van der Waals surface area contributed by atoms with Gasteiger partial charge in [0.25, 0.3) is 0 Å². The van der Waals surface area contributed by atoms with Gasteiger partial charge in [0, 0.05) is 24.8 Å². The summed E-state index contributed by atoms with van der Waals surface area (Å²) >= 11 is 0. The molecule has 100 valence electrons. The lowest BCUT2D eigenvalue weighted by molar-refractivity contribution is 0.388. The molecule has 0 radical (unpaired) electrons. The maximum Gasteiger partial charge on any atom is 0.129 e. The van der Waals surface area contributed by atoms with Gasteiger partial charge in [-0.05, 0) is 57.4 Å². The Labute approximate surface area is 111 Å². The molecule has 2 heterocycles. The fraction of sp³-hybridized carbons (Fsp3) is 0.667. The van der Waals surface area contributed by atoms with Gasteiger partial charge >= 0.3 is 0 Å². The van der Waals surface area contributed by atoms with Crippen molar-refractivity contribution in [2.45, 2.75) is 46.2 Å². The summed E-state index contributed by atoms with van der Waals surface area (Å²) in [7, 11) is 1.99. The first-order valence-electron chi connectivity index (χ1n) is 6.99. The summed E-state index contributed by atoms with van der Waals surface area (Å²) in [5.74, 6) is 1.93. The Kier molecular flexibility index (Phi) is 4.23. The number of hydrogen-bond acceptors (Lipinski definition) is 3. The van der Waals surface area contributed by atoms with Gasteiger partial charge in [0.05, 0.1) is 0 Å². The van der Waals surface area contributed by atoms with E-state index in [1.54, 1.807) is 0 Å². The first-order valence-corrected chi connectivity index (χ1v) is 6.99. The number of aryl methyl sites for hydroxylation is 1. The zero-order valence-corrected chi connectivity index (χ0v) is 12.0. The van der Waals surface area contributed by atoms with Crippen molar-refractivity contribution in [3.63, 3.8) is 0 Å². The van der Waals surface area contributed by atoms with E-state index in [0.29, 0.717) is 6.04 Å². The topological polar surface area (TPSA) is 28.2 Å².